The van der Waals surface area contributed by atoms with E-state index in [0.717, 1.165) is 44.3 Å². The van der Waals surface area contributed by atoms with Gasteiger partial charge in [0.15, 0.2) is 17.5 Å². The van der Waals surface area contributed by atoms with Crippen LogP contribution in [-0.2, 0) is 0 Å². The predicted molar refractivity (Wildman–Crippen MR) is 162 cm³/mol. The van der Waals surface area contributed by atoms with Gasteiger partial charge in [0.2, 0.25) is 0 Å². The molecule has 1 N–H and O–H groups in total. The smallest absolute Gasteiger partial charge is 0.164 e. The monoisotopic (exact) mass is 502 g/mol. The van der Waals surface area contributed by atoms with Gasteiger partial charge in [-0.2, -0.15) is 0 Å². The van der Waals surface area contributed by atoms with Crippen LogP contribution in [0.4, 0.5) is 0 Å². The first-order valence-corrected chi connectivity index (χ1v) is 12.9. The average molecular weight is 503 g/mol. The standard InChI is InChI=1S/C35H26N4/c1-2-24(23-36)30-19-15-26-16-20-31(22-32(26)21-30)25-13-17-29(18-14-25)35-38-33(27-9-5-3-6-10-27)37-34(39-35)28-11-7-4-8-12-28/h2-23,36H,1H3/b24-2+,36-23?. The molecule has 0 spiro atoms. The number of nitrogens with zero attached hydrogens (tertiary/aromatic N) is 3. The Labute approximate surface area is 227 Å². The number of aromatic nitrogens is 3. The molecular weight excluding hydrogens is 476 g/mol. The molecule has 5 aromatic carbocycles. The third-order valence-electron chi connectivity index (χ3n) is 6.82. The summed E-state index contributed by atoms with van der Waals surface area (Å²) in [4.78, 5) is 14.5. The van der Waals surface area contributed by atoms with E-state index in [1.165, 1.54) is 11.6 Å². The molecule has 0 aliphatic carbocycles. The summed E-state index contributed by atoms with van der Waals surface area (Å²) in [6.07, 6.45) is 3.36. The molecule has 0 saturated heterocycles. The van der Waals surface area contributed by atoms with Crippen LogP contribution in [0.5, 0.6) is 0 Å². The fraction of sp³-hybridized carbons (Fsp3) is 0.0286. The Bertz CT molecular complexity index is 1750. The highest BCUT2D eigenvalue weighted by Crippen LogP contribution is 2.29. The van der Waals surface area contributed by atoms with E-state index in [4.69, 9.17) is 20.4 Å². The van der Waals surface area contributed by atoms with Crippen molar-refractivity contribution in [2.75, 3.05) is 0 Å². The summed E-state index contributed by atoms with van der Waals surface area (Å²) in [5, 5.41) is 10.0. The van der Waals surface area contributed by atoms with Gasteiger partial charge in [0.05, 0.1) is 0 Å². The Hall–Kier alpha value is -5.22. The van der Waals surface area contributed by atoms with Crippen LogP contribution in [0.3, 0.4) is 0 Å². The van der Waals surface area contributed by atoms with E-state index in [1.54, 1.807) is 0 Å². The van der Waals surface area contributed by atoms with Crippen molar-refractivity contribution < 1.29 is 0 Å². The third kappa shape index (κ3) is 5.00. The van der Waals surface area contributed by atoms with Gasteiger partial charge >= 0.3 is 0 Å². The zero-order chi connectivity index (χ0) is 26.6. The summed E-state index contributed by atoms with van der Waals surface area (Å²) in [6, 6.07) is 41.2. The quantitative estimate of drug-likeness (QED) is 0.232. The summed E-state index contributed by atoms with van der Waals surface area (Å²) in [7, 11) is 0. The van der Waals surface area contributed by atoms with Crippen LogP contribution in [0.15, 0.2) is 127 Å². The summed E-state index contributed by atoms with van der Waals surface area (Å²) < 4.78 is 0. The van der Waals surface area contributed by atoms with Crippen LogP contribution >= 0.6 is 0 Å². The highest BCUT2D eigenvalue weighted by molar-refractivity contribution is 6.09. The van der Waals surface area contributed by atoms with Crippen LogP contribution in [-0.4, -0.2) is 21.2 Å². The third-order valence-corrected chi connectivity index (χ3v) is 6.82. The van der Waals surface area contributed by atoms with E-state index < -0.39 is 0 Å². The van der Waals surface area contributed by atoms with E-state index in [1.807, 2.05) is 73.7 Å². The molecule has 0 bridgehead atoms. The Balaban J connectivity index is 1.38. The normalized spacial score (nSPS) is 11.5. The van der Waals surface area contributed by atoms with Crippen LogP contribution in [0.25, 0.3) is 61.6 Å². The summed E-state index contributed by atoms with van der Waals surface area (Å²) in [5.74, 6) is 1.95. The fourth-order valence-corrected chi connectivity index (χ4v) is 4.69. The average Bonchev–Trinajstić information content (AvgIpc) is 3.02. The van der Waals surface area contributed by atoms with Crippen LogP contribution < -0.4 is 0 Å². The second kappa shape index (κ2) is 10.6. The zero-order valence-electron chi connectivity index (χ0n) is 21.5. The molecule has 0 atom stereocenters. The number of hydrogen-bond acceptors (Lipinski definition) is 4. The van der Waals surface area contributed by atoms with E-state index >= 15 is 0 Å². The summed E-state index contributed by atoms with van der Waals surface area (Å²) in [6.45, 7) is 1.96. The zero-order valence-corrected chi connectivity index (χ0v) is 21.5. The highest BCUT2D eigenvalue weighted by atomic mass is 15.0. The molecule has 0 unspecified atom stereocenters. The van der Waals surface area contributed by atoms with Crippen molar-refractivity contribution in [3.63, 3.8) is 0 Å². The lowest BCUT2D eigenvalue weighted by Crippen LogP contribution is -2.00. The first-order chi connectivity index (χ1) is 19.2. The Morgan fingerprint density at radius 1 is 0.513 bits per heavy atom. The van der Waals surface area contributed by atoms with E-state index in [-0.39, 0.29) is 0 Å². The van der Waals surface area contributed by atoms with Crippen molar-refractivity contribution in [3.05, 3.63) is 133 Å². The maximum Gasteiger partial charge on any atom is 0.164 e. The number of allylic oxidation sites excluding steroid dienone is 2. The van der Waals surface area contributed by atoms with Gasteiger partial charge in [0.25, 0.3) is 0 Å². The Morgan fingerprint density at radius 3 is 1.54 bits per heavy atom. The summed E-state index contributed by atoms with van der Waals surface area (Å²) >= 11 is 0. The SMILES string of the molecule is C/C=C(\C=N)c1ccc2ccc(-c3ccc(-c4nc(-c5ccccc5)nc(-c5ccccc5)n4)cc3)cc2c1. The molecule has 6 aromatic rings. The van der Waals surface area contributed by atoms with E-state index in [9.17, 15) is 0 Å². The van der Waals surface area contributed by atoms with Gasteiger partial charge in [0.1, 0.15) is 0 Å². The lowest BCUT2D eigenvalue weighted by molar-refractivity contribution is 1.07. The first-order valence-electron chi connectivity index (χ1n) is 12.9. The van der Waals surface area contributed by atoms with Crippen molar-refractivity contribution in [1.29, 1.82) is 5.41 Å². The van der Waals surface area contributed by atoms with E-state index in [0.29, 0.717) is 17.5 Å². The largest absolute Gasteiger partial charge is 0.308 e. The van der Waals surface area contributed by atoms with Gasteiger partial charge in [-0.3, -0.25) is 0 Å². The van der Waals surface area contributed by atoms with Crippen LogP contribution in [0.1, 0.15) is 12.5 Å². The molecule has 4 heteroatoms. The molecule has 0 aliphatic rings. The van der Waals surface area contributed by atoms with Crippen molar-refractivity contribution in [2.45, 2.75) is 6.92 Å². The molecule has 1 aromatic heterocycles. The maximum absolute atomic E-state index is 7.69. The number of nitrogens with one attached hydrogen (secondary N) is 1. The minimum atomic E-state index is 0.642. The molecule has 0 aliphatic heterocycles. The van der Waals surface area contributed by atoms with E-state index in [2.05, 4.69) is 60.7 Å². The van der Waals surface area contributed by atoms with Crippen LogP contribution in [0.2, 0.25) is 0 Å². The molecule has 0 amide bonds. The lowest BCUT2D eigenvalue weighted by Gasteiger charge is -2.10. The van der Waals surface area contributed by atoms with Crippen molar-refractivity contribution in [3.8, 4) is 45.3 Å². The van der Waals surface area contributed by atoms with Crippen molar-refractivity contribution >= 4 is 22.6 Å². The summed E-state index contributed by atoms with van der Waals surface area (Å²) in [5.41, 5.74) is 7.05. The van der Waals surface area contributed by atoms with Gasteiger partial charge in [-0.1, -0.05) is 115 Å². The minimum absolute atomic E-state index is 0.642. The van der Waals surface area contributed by atoms with Gasteiger partial charge in [0, 0.05) is 22.9 Å². The van der Waals surface area contributed by atoms with Gasteiger partial charge < -0.3 is 5.41 Å². The molecule has 0 fully saturated rings. The van der Waals surface area contributed by atoms with Gasteiger partial charge in [-0.05, 0) is 52.1 Å². The van der Waals surface area contributed by atoms with Gasteiger partial charge in [-0.25, -0.2) is 15.0 Å². The molecule has 1 heterocycles. The molecule has 0 radical (unpaired) electrons. The topological polar surface area (TPSA) is 62.5 Å². The fourth-order valence-electron chi connectivity index (χ4n) is 4.69. The predicted octanol–water partition coefficient (Wildman–Crippen LogP) is 8.75. The second-order valence-corrected chi connectivity index (χ2v) is 9.28. The number of rotatable bonds is 6. The number of benzene rings is 5. The van der Waals surface area contributed by atoms with Crippen molar-refractivity contribution in [2.24, 2.45) is 0 Å². The first kappa shape index (κ1) is 24.1. The molecule has 0 saturated carbocycles. The Morgan fingerprint density at radius 2 is 1.00 bits per heavy atom. The molecule has 4 nitrogen and oxygen atoms in total. The highest BCUT2D eigenvalue weighted by Gasteiger charge is 2.12. The molecule has 186 valence electrons. The van der Waals surface area contributed by atoms with Crippen LogP contribution in [0, 0.1) is 5.41 Å². The lowest BCUT2D eigenvalue weighted by atomic mass is 9.97. The molecule has 39 heavy (non-hydrogen) atoms. The van der Waals surface area contributed by atoms with Crippen molar-refractivity contribution in [1.82, 2.24) is 15.0 Å². The second-order valence-electron chi connectivity index (χ2n) is 9.28. The maximum atomic E-state index is 7.69. The number of fused-ring (bicyclic) bond motifs is 1. The Kier molecular flexibility index (Phi) is 6.59. The number of hydrogen-bond donors (Lipinski definition) is 1. The van der Waals surface area contributed by atoms with Gasteiger partial charge in [-0.15, -0.1) is 0 Å². The molecule has 6 rings (SSSR count). The molecular formula is C35H26N4. The minimum Gasteiger partial charge on any atom is -0.308 e.